The van der Waals surface area contributed by atoms with Crippen LogP contribution in [0, 0.1) is 6.92 Å². The van der Waals surface area contributed by atoms with E-state index < -0.39 is 0 Å². The highest BCUT2D eigenvalue weighted by Crippen LogP contribution is 2.44. The SMILES string of the molecule is Cc1cccc([C@H]2c3cccn3-c3sc4c(c3CN2C(=O)[C@@H]2CCCO2)CCCC4)c1. The minimum atomic E-state index is -0.313. The fourth-order valence-electron chi connectivity index (χ4n) is 5.55. The Labute approximate surface area is 187 Å². The van der Waals surface area contributed by atoms with Crippen LogP contribution in [0.2, 0.25) is 0 Å². The zero-order valence-electron chi connectivity index (χ0n) is 18.0. The van der Waals surface area contributed by atoms with Gasteiger partial charge in [-0.1, -0.05) is 29.8 Å². The summed E-state index contributed by atoms with van der Waals surface area (Å²) in [4.78, 5) is 17.5. The number of nitrogens with zero attached hydrogens (tertiary/aromatic N) is 2. The molecule has 2 atom stereocenters. The normalized spacial score (nSPS) is 22.5. The number of aromatic nitrogens is 1. The Balaban J connectivity index is 1.55. The maximum atomic E-state index is 13.8. The van der Waals surface area contributed by atoms with Gasteiger partial charge >= 0.3 is 0 Å². The summed E-state index contributed by atoms with van der Waals surface area (Å²) >= 11 is 1.94. The third-order valence-electron chi connectivity index (χ3n) is 7.02. The van der Waals surface area contributed by atoms with Crippen molar-refractivity contribution in [3.63, 3.8) is 0 Å². The van der Waals surface area contributed by atoms with Gasteiger partial charge in [-0.3, -0.25) is 4.79 Å². The average Bonchev–Trinajstić information content (AvgIpc) is 3.52. The molecule has 1 aliphatic carbocycles. The molecule has 3 aliphatic rings. The van der Waals surface area contributed by atoms with Gasteiger partial charge in [0.2, 0.25) is 0 Å². The molecule has 1 amide bonds. The van der Waals surface area contributed by atoms with Gasteiger partial charge in [0.15, 0.2) is 0 Å². The van der Waals surface area contributed by atoms with E-state index in [0.29, 0.717) is 13.2 Å². The second-order valence-electron chi connectivity index (χ2n) is 9.08. The lowest BCUT2D eigenvalue weighted by Crippen LogP contribution is -2.41. The number of aryl methyl sites for hydroxylation is 2. The minimum absolute atomic E-state index is 0.106. The summed E-state index contributed by atoms with van der Waals surface area (Å²) in [5.41, 5.74) is 6.43. The van der Waals surface area contributed by atoms with E-state index in [1.807, 2.05) is 11.3 Å². The standard InChI is InChI=1S/C26H28N2O2S/c1-17-7-4-8-18(15-17)24-21-10-5-13-27(21)26-20(19-9-2-3-12-23(19)31-26)16-28(24)25(29)22-11-6-14-30-22/h4-5,7-8,10,13,15,22,24H,2-3,6,9,11-12,14,16H2,1H3/t22-,24-/m0/s1. The van der Waals surface area contributed by atoms with Crippen molar-refractivity contribution in [2.24, 2.45) is 0 Å². The maximum Gasteiger partial charge on any atom is 0.252 e. The zero-order valence-corrected chi connectivity index (χ0v) is 18.8. The van der Waals surface area contributed by atoms with Crippen LogP contribution in [-0.2, 0) is 28.9 Å². The number of rotatable bonds is 2. The number of ether oxygens (including phenoxy) is 1. The molecule has 0 spiro atoms. The molecule has 0 unspecified atom stereocenters. The predicted molar refractivity (Wildman–Crippen MR) is 123 cm³/mol. The largest absolute Gasteiger partial charge is 0.368 e. The van der Waals surface area contributed by atoms with Crippen molar-refractivity contribution in [2.45, 2.75) is 64.1 Å². The van der Waals surface area contributed by atoms with Gasteiger partial charge in [-0.05, 0) is 68.7 Å². The molecule has 3 aromatic rings. The summed E-state index contributed by atoms with van der Waals surface area (Å²) in [6.45, 7) is 3.48. The van der Waals surface area contributed by atoms with Crippen LogP contribution in [0.5, 0.6) is 0 Å². The van der Waals surface area contributed by atoms with Gasteiger partial charge < -0.3 is 14.2 Å². The smallest absolute Gasteiger partial charge is 0.252 e. The van der Waals surface area contributed by atoms with Crippen LogP contribution < -0.4 is 0 Å². The third-order valence-corrected chi connectivity index (χ3v) is 8.36. The first-order valence-electron chi connectivity index (χ1n) is 11.5. The summed E-state index contributed by atoms with van der Waals surface area (Å²) in [5.74, 6) is 0.139. The van der Waals surface area contributed by atoms with Crippen LogP contribution in [0.15, 0.2) is 42.6 Å². The Bertz CT molecular complexity index is 1140. The Morgan fingerprint density at radius 2 is 2.00 bits per heavy atom. The number of hydrogen-bond donors (Lipinski definition) is 0. The predicted octanol–water partition coefficient (Wildman–Crippen LogP) is 5.34. The highest BCUT2D eigenvalue weighted by molar-refractivity contribution is 7.15. The van der Waals surface area contributed by atoms with Gasteiger partial charge in [0.05, 0.1) is 11.7 Å². The molecule has 1 saturated heterocycles. The van der Waals surface area contributed by atoms with E-state index in [1.54, 1.807) is 0 Å². The molecule has 4 heterocycles. The topological polar surface area (TPSA) is 34.5 Å². The highest BCUT2D eigenvalue weighted by atomic mass is 32.1. The Kier molecular flexibility index (Phi) is 4.77. The number of amides is 1. The monoisotopic (exact) mass is 432 g/mol. The molecule has 6 rings (SSSR count). The second kappa shape index (κ2) is 7.64. The molecule has 1 fully saturated rings. The summed E-state index contributed by atoms with van der Waals surface area (Å²) < 4.78 is 8.23. The molecule has 0 bridgehead atoms. The van der Waals surface area contributed by atoms with Crippen LogP contribution in [0.1, 0.15) is 64.6 Å². The second-order valence-corrected chi connectivity index (χ2v) is 10.2. The van der Waals surface area contributed by atoms with E-state index in [1.165, 1.54) is 57.1 Å². The van der Waals surface area contributed by atoms with E-state index in [-0.39, 0.29) is 18.1 Å². The maximum absolute atomic E-state index is 13.8. The van der Waals surface area contributed by atoms with Gasteiger partial charge in [-0.2, -0.15) is 0 Å². The van der Waals surface area contributed by atoms with E-state index in [0.717, 1.165) is 19.3 Å². The molecule has 5 heteroatoms. The number of hydrogen-bond acceptors (Lipinski definition) is 3. The molecule has 31 heavy (non-hydrogen) atoms. The molecule has 0 saturated carbocycles. The molecule has 2 aliphatic heterocycles. The summed E-state index contributed by atoms with van der Waals surface area (Å²) in [6.07, 6.45) is 8.48. The number of fused-ring (bicyclic) bond motifs is 5. The molecular formula is C26H28N2O2S. The van der Waals surface area contributed by atoms with Crippen molar-refractivity contribution >= 4 is 17.2 Å². The Morgan fingerprint density at radius 1 is 1.10 bits per heavy atom. The van der Waals surface area contributed by atoms with E-state index in [9.17, 15) is 4.79 Å². The number of thiophene rings is 1. The molecule has 2 aromatic heterocycles. The first-order valence-corrected chi connectivity index (χ1v) is 12.3. The Hall–Kier alpha value is -2.37. The van der Waals surface area contributed by atoms with Gasteiger partial charge in [0.25, 0.3) is 5.91 Å². The van der Waals surface area contributed by atoms with Crippen molar-refractivity contribution in [3.8, 4) is 5.00 Å². The van der Waals surface area contributed by atoms with Gasteiger partial charge in [0.1, 0.15) is 11.1 Å². The molecule has 0 radical (unpaired) electrons. The number of benzene rings is 1. The van der Waals surface area contributed by atoms with Gasteiger partial charge in [0, 0.05) is 29.8 Å². The summed E-state index contributed by atoms with van der Waals surface area (Å²) in [6, 6.07) is 12.8. The lowest BCUT2D eigenvalue weighted by Gasteiger charge is -2.33. The van der Waals surface area contributed by atoms with Gasteiger partial charge in [-0.15, -0.1) is 11.3 Å². The molecular weight excluding hydrogens is 404 g/mol. The van der Waals surface area contributed by atoms with Crippen LogP contribution in [0.3, 0.4) is 0 Å². The zero-order chi connectivity index (χ0) is 20.9. The summed E-state index contributed by atoms with van der Waals surface area (Å²) in [5, 5.41) is 1.31. The number of carbonyl (C=O) groups excluding carboxylic acids is 1. The highest BCUT2D eigenvalue weighted by Gasteiger charge is 2.39. The van der Waals surface area contributed by atoms with Crippen LogP contribution in [-0.4, -0.2) is 28.1 Å². The first kappa shape index (κ1) is 19.3. The average molecular weight is 433 g/mol. The van der Waals surface area contributed by atoms with Crippen molar-refractivity contribution < 1.29 is 9.53 Å². The fourth-order valence-corrected chi connectivity index (χ4v) is 6.95. The van der Waals surface area contributed by atoms with Crippen molar-refractivity contribution in [2.75, 3.05) is 6.61 Å². The van der Waals surface area contributed by atoms with Crippen molar-refractivity contribution in [1.82, 2.24) is 9.47 Å². The quantitative estimate of drug-likeness (QED) is 0.548. The van der Waals surface area contributed by atoms with Crippen LogP contribution in [0.25, 0.3) is 5.00 Å². The van der Waals surface area contributed by atoms with E-state index >= 15 is 0 Å². The van der Waals surface area contributed by atoms with Crippen molar-refractivity contribution in [3.05, 3.63) is 75.4 Å². The fraction of sp³-hybridized carbons (Fsp3) is 0.423. The van der Waals surface area contributed by atoms with Crippen molar-refractivity contribution in [1.29, 1.82) is 0 Å². The molecule has 4 nitrogen and oxygen atoms in total. The first-order chi connectivity index (χ1) is 15.2. The van der Waals surface area contributed by atoms with Crippen LogP contribution >= 0.6 is 11.3 Å². The van der Waals surface area contributed by atoms with Crippen LogP contribution in [0.4, 0.5) is 0 Å². The minimum Gasteiger partial charge on any atom is -0.368 e. The van der Waals surface area contributed by atoms with E-state index in [4.69, 9.17) is 4.74 Å². The van der Waals surface area contributed by atoms with E-state index in [2.05, 4.69) is 59.0 Å². The lowest BCUT2D eigenvalue weighted by molar-refractivity contribution is -0.143. The number of carbonyl (C=O) groups is 1. The molecule has 160 valence electrons. The van der Waals surface area contributed by atoms with Gasteiger partial charge in [-0.25, -0.2) is 0 Å². The third kappa shape index (κ3) is 3.17. The lowest BCUT2D eigenvalue weighted by atomic mass is 9.94. The molecule has 0 N–H and O–H groups in total. The molecule has 1 aromatic carbocycles. The Morgan fingerprint density at radius 3 is 2.84 bits per heavy atom. The summed E-state index contributed by atoms with van der Waals surface area (Å²) in [7, 11) is 0.